The van der Waals surface area contributed by atoms with E-state index < -0.39 is 0 Å². The highest BCUT2D eigenvalue weighted by Crippen LogP contribution is 2.27. The topological polar surface area (TPSA) is 54.0 Å². The summed E-state index contributed by atoms with van der Waals surface area (Å²) in [6, 6.07) is 10.6. The fourth-order valence-corrected chi connectivity index (χ4v) is 2.68. The molecule has 2 rings (SSSR count). The molecule has 132 valence electrons. The molecule has 0 aliphatic carbocycles. The second-order valence-electron chi connectivity index (χ2n) is 5.00. The third-order valence-electron chi connectivity index (χ3n) is 3.39. The number of carbonyl (C=O) groups excluding carboxylic acids is 1. The summed E-state index contributed by atoms with van der Waals surface area (Å²) in [7, 11) is 4.67. The molecular weight excluding hydrogens is 388 g/mol. The molecule has 25 heavy (non-hydrogen) atoms. The lowest BCUT2D eigenvalue weighted by Crippen LogP contribution is -2.05. The molecule has 0 amide bonds. The van der Waals surface area contributed by atoms with Crippen LogP contribution in [0.1, 0.15) is 15.9 Å². The van der Waals surface area contributed by atoms with E-state index in [0.717, 1.165) is 15.8 Å². The van der Waals surface area contributed by atoms with Gasteiger partial charge in [0, 0.05) is 7.11 Å². The van der Waals surface area contributed by atoms with Crippen LogP contribution in [0.3, 0.4) is 0 Å². The average Bonchev–Trinajstić information content (AvgIpc) is 2.64. The number of ketones is 1. The summed E-state index contributed by atoms with van der Waals surface area (Å²) in [6.45, 7) is 0.0573. The Bertz CT molecular complexity index is 770. The normalized spacial score (nSPS) is 10.7. The Kier molecular flexibility index (Phi) is 7.03. The van der Waals surface area contributed by atoms with Gasteiger partial charge in [-0.05, 0) is 57.9 Å². The molecule has 0 saturated carbocycles. The minimum Gasteiger partial charge on any atom is -0.497 e. The molecule has 0 atom stereocenters. The first-order chi connectivity index (χ1) is 12.1. The summed E-state index contributed by atoms with van der Waals surface area (Å²) in [4.78, 5) is 12.6. The fourth-order valence-electron chi connectivity index (χ4n) is 2.12. The van der Waals surface area contributed by atoms with Crippen LogP contribution in [0.25, 0.3) is 6.08 Å². The smallest absolute Gasteiger partial charge is 0.189 e. The second-order valence-corrected chi connectivity index (χ2v) is 5.86. The van der Waals surface area contributed by atoms with E-state index in [4.69, 9.17) is 18.9 Å². The van der Waals surface area contributed by atoms with Gasteiger partial charge in [-0.25, -0.2) is 0 Å². The minimum atomic E-state index is -0.197. The Morgan fingerprint density at radius 3 is 2.44 bits per heavy atom. The molecule has 0 unspecified atom stereocenters. The molecule has 0 radical (unpaired) electrons. The van der Waals surface area contributed by atoms with Crippen LogP contribution in [0.5, 0.6) is 17.2 Å². The summed E-state index contributed by atoms with van der Waals surface area (Å²) in [5.74, 6) is 1.55. The quantitative estimate of drug-likeness (QED) is 0.370. The van der Waals surface area contributed by atoms with Crippen molar-refractivity contribution in [2.75, 3.05) is 28.1 Å². The average molecular weight is 407 g/mol. The van der Waals surface area contributed by atoms with Crippen LogP contribution in [0.15, 0.2) is 46.9 Å². The number of benzene rings is 2. The lowest BCUT2D eigenvalue weighted by atomic mass is 10.1. The Labute approximate surface area is 155 Å². The van der Waals surface area contributed by atoms with Gasteiger partial charge in [0.25, 0.3) is 0 Å². The minimum absolute atomic E-state index is 0.0573. The lowest BCUT2D eigenvalue weighted by molar-refractivity contribution is 0.0503. The predicted octanol–water partition coefficient (Wildman–Crippen LogP) is 4.35. The van der Waals surface area contributed by atoms with Gasteiger partial charge in [-0.15, -0.1) is 0 Å². The number of hydrogen-bond donors (Lipinski definition) is 0. The zero-order valence-corrected chi connectivity index (χ0v) is 15.8. The maximum Gasteiger partial charge on any atom is 0.189 e. The first-order valence-electron chi connectivity index (χ1n) is 7.44. The molecule has 2 aromatic carbocycles. The number of methoxy groups -OCH3 is 3. The summed E-state index contributed by atoms with van der Waals surface area (Å²) in [5.41, 5.74) is 1.27. The number of carbonyl (C=O) groups is 1. The van der Waals surface area contributed by atoms with Gasteiger partial charge < -0.3 is 18.9 Å². The standard InChI is InChI=1S/C19H19BrO5/c1-22-12-25-18-9-6-14(23-2)11-15(18)17(21)7-4-13-5-8-19(24-3)16(20)10-13/h4-11H,12H2,1-3H3/b7-4+. The van der Waals surface area contributed by atoms with Gasteiger partial charge in [-0.3, -0.25) is 4.79 Å². The molecule has 2 aromatic rings. The fraction of sp³-hybridized carbons (Fsp3) is 0.211. The van der Waals surface area contributed by atoms with Gasteiger partial charge in [0.15, 0.2) is 12.6 Å². The Morgan fingerprint density at radius 2 is 1.80 bits per heavy atom. The van der Waals surface area contributed by atoms with Crippen molar-refractivity contribution in [1.29, 1.82) is 0 Å². The van der Waals surface area contributed by atoms with E-state index in [2.05, 4.69) is 15.9 Å². The van der Waals surface area contributed by atoms with E-state index in [1.807, 2.05) is 18.2 Å². The Balaban J connectivity index is 2.25. The molecule has 5 nitrogen and oxygen atoms in total. The van der Waals surface area contributed by atoms with Crippen LogP contribution in [-0.2, 0) is 4.74 Å². The van der Waals surface area contributed by atoms with Crippen LogP contribution in [0.2, 0.25) is 0 Å². The van der Waals surface area contributed by atoms with Crippen molar-refractivity contribution >= 4 is 27.8 Å². The van der Waals surface area contributed by atoms with Crippen molar-refractivity contribution < 1.29 is 23.7 Å². The van der Waals surface area contributed by atoms with Gasteiger partial charge >= 0.3 is 0 Å². The van der Waals surface area contributed by atoms with E-state index in [1.165, 1.54) is 13.2 Å². The zero-order valence-electron chi connectivity index (χ0n) is 14.2. The van der Waals surface area contributed by atoms with E-state index in [0.29, 0.717) is 17.1 Å². The van der Waals surface area contributed by atoms with Crippen molar-refractivity contribution in [3.8, 4) is 17.2 Å². The first-order valence-corrected chi connectivity index (χ1v) is 8.24. The highest BCUT2D eigenvalue weighted by molar-refractivity contribution is 9.10. The molecule has 0 aromatic heterocycles. The third kappa shape index (κ3) is 5.08. The molecular formula is C19H19BrO5. The van der Waals surface area contributed by atoms with Crippen LogP contribution < -0.4 is 14.2 Å². The molecule has 0 aliphatic heterocycles. The van der Waals surface area contributed by atoms with E-state index >= 15 is 0 Å². The second kappa shape index (κ2) is 9.25. The number of ether oxygens (including phenoxy) is 4. The van der Waals surface area contributed by atoms with Crippen molar-refractivity contribution in [3.05, 3.63) is 58.1 Å². The number of rotatable bonds is 8. The molecule has 0 spiro atoms. The van der Waals surface area contributed by atoms with Gasteiger partial charge in [0.05, 0.1) is 24.3 Å². The highest BCUT2D eigenvalue weighted by atomic mass is 79.9. The number of hydrogen-bond acceptors (Lipinski definition) is 5. The maximum absolute atomic E-state index is 12.6. The van der Waals surface area contributed by atoms with Gasteiger partial charge in [0.1, 0.15) is 17.2 Å². The van der Waals surface area contributed by atoms with E-state index in [1.54, 1.807) is 38.5 Å². The molecule has 0 fully saturated rings. The maximum atomic E-state index is 12.6. The number of halogens is 1. The Hall–Kier alpha value is -2.31. The largest absolute Gasteiger partial charge is 0.497 e. The van der Waals surface area contributed by atoms with Crippen LogP contribution in [-0.4, -0.2) is 33.9 Å². The van der Waals surface area contributed by atoms with Crippen LogP contribution in [0.4, 0.5) is 0 Å². The summed E-state index contributed by atoms with van der Waals surface area (Å²) >= 11 is 3.42. The van der Waals surface area contributed by atoms with Gasteiger partial charge in [-0.2, -0.15) is 0 Å². The third-order valence-corrected chi connectivity index (χ3v) is 4.01. The monoisotopic (exact) mass is 406 g/mol. The van der Waals surface area contributed by atoms with Crippen molar-refractivity contribution in [2.45, 2.75) is 0 Å². The van der Waals surface area contributed by atoms with E-state index in [9.17, 15) is 4.79 Å². The van der Waals surface area contributed by atoms with Gasteiger partial charge in [0.2, 0.25) is 0 Å². The predicted molar refractivity (Wildman–Crippen MR) is 99.6 cm³/mol. The van der Waals surface area contributed by atoms with Gasteiger partial charge in [-0.1, -0.05) is 12.1 Å². The van der Waals surface area contributed by atoms with Crippen LogP contribution >= 0.6 is 15.9 Å². The summed E-state index contributed by atoms with van der Waals surface area (Å²) in [5, 5.41) is 0. The Morgan fingerprint density at radius 1 is 1.04 bits per heavy atom. The first kappa shape index (κ1) is 19.0. The lowest BCUT2D eigenvalue weighted by Gasteiger charge is -2.10. The molecule has 0 N–H and O–H groups in total. The van der Waals surface area contributed by atoms with Crippen molar-refractivity contribution in [1.82, 2.24) is 0 Å². The molecule has 6 heteroatoms. The summed E-state index contributed by atoms with van der Waals surface area (Å²) in [6.07, 6.45) is 3.22. The molecule has 0 bridgehead atoms. The molecule has 0 aliphatic rings. The molecule has 0 heterocycles. The number of allylic oxidation sites excluding steroid dienone is 1. The summed E-state index contributed by atoms with van der Waals surface area (Å²) < 4.78 is 21.5. The molecule has 0 saturated heterocycles. The van der Waals surface area contributed by atoms with Crippen molar-refractivity contribution in [3.63, 3.8) is 0 Å². The van der Waals surface area contributed by atoms with Crippen LogP contribution in [0, 0.1) is 0 Å². The zero-order chi connectivity index (χ0) is 18.2. The van der Waals surface area contributed by atoms with E-state index in [-0.39, 0.29) is 12.6 Å². The van der Waals surface area contributed by atoms with Crippen molar-refractivity contribution in [2.24, 2.45) is 0 Å². The highest BCUT2D eigenvalue weighted by Gasteiger charge is 2.12. The SMILES string of the molecule is COCOc1ccc(OC)cc1C(=O)/C=C/c1ccc(OC)c(Br)c1.